The second kappa shape index (κ2) is 10.4. The first-order chi connectivity index (χ1) is 15.3. The van der Waals surface area contributed by atoms with Gasteiger partial charge in [-0.05, 0) is 72.1 Å². The Balaban J connectivity index is 0.00000187. The Hall–Kier alpha value is -2.22. The van der Waals surface area contributed by atoms with Gasteiger partial charge in [0.2, 0.25) is 5.91 Å². The molecule has 1 saturated heterocycles. The first-order valence-corrected chi connectivity index (χ1v) is 12.5. The highest BCUT2D eigenvalue weighted by Crippen LogP contribution is 2.43. The Morgan fingerprint density at radius 3 is 2.48 bits per heavy atom. The minimum Gasteiger partial charge on any atom is -0.444 e. The van der Waals surface area contributed by atoms with Crippen LogP contribution in [0.2, 0.25) is 0 Å². The predicted molar refractivity (Wildman–Crippen MR) is 134 cm³/mol. The number of nitrogens with zero attached hydrogens (tertiary/aromatic N) is 2. The summed E-state index contributed by atoms with van der Waals surface area (Å²) in [6, 6.07) is 3.65. The second-order valence-electron chi connectivity index (χ2n) is 9.87. The normalized spacial score (nSPS) is 19.5. The number of aryl methyl sites for hydroxylation is 1. The van der Waals surface area contributed by atoms with Gasteiger partial charge in [0.05, 0.1) is 10.4 Å². The number of hydrogen-bond donors (Lipinski definition) is 1. The van der Waals surface area contributed by atoms with Gasteiger partial charge in [-0.15, -0.1) is 11.8 Å². The minimum atomic E-state index is -0.553. The molecular weight excluding hydrogens is 438 g/mol. The summed E-state index contributed by atoms with van der Waals surface area (Å²) < 4.78 is 4.95. The van der Waals surface area contributed by atoms with E-state index >= 15 is 0 Å². The molecule has 1 aromatic rings. The Bertz CT molecular complexity index is 908. The molecule has 1 atom stereocenters. The molecular formula is C25H39N3O4S. The summed E-state index contributed by atoms with van der Waals surface area (Å²) in [5.41, 5.74) is 1.56. The van der Waals surface area contributed by atoms with E-state index in [1.54, 1.807) is 22.9 Å². The van der Waals surface area contributed by atoms with Crippen LogP contribution in [0.15, 0.2) is 17.0 Å². The third-order valence-corrected chi connectivity index (χ3v) is 6.89. The number of likely N-dealkylation sites (tertiary alicyclic amines) is 1. The van der Waals surface area contributed by atoms with Crippen molar-refractivity contribution in [2.45, 2.75) is 89.5 Å². The maximum Gasteiger partial charge on any atom is 0.410 e. The van der Waals surface area contributed by atoms with Crippen LogP contribution in [0.4, 0.5) is 10.5 Å². The van der Waals surface area contributed by atoms with Gasteiger partial charge in [-0.25, -0.2) is 4.79 Å². The molecule has 2 aliphatic heterocycles. The number of benzene rings is 1. The van der Waals surface area contributed by atoms with Crippen LogP contribution in [-0.4, -0.2) is 64.2 Å². The van der Waals surface area contributed by atoms with Crippen LogP contribution in [0.3, 0.4) is 0 Å². The Morgan fingerprint density at radius 2 is 1.88 bits per heavy atom. The van der Waals surface area contributed by atoms with Crippen molar-refractivity contribution in [3.8, 4) is 0 Å². The minimum absolute atomic E-state index is 0.0686. The zero-order valence-electron chi connectivity index (χ0n) is 21.5. The van der Waals surface area contributed by atoms with Crippen molar-refractivity contribution < 1.29 is 19.1 Å². The van der Waals surface area contributed by atoms with Crippen molar-refractivity contribution in [3.05, 3.63) is 23.3 Å². The molecule has 2 aliphatic rings. The number of anilines is 1. The predicted octanol–water partition coefficient (Wildman–Crippen LogP) is 5.32. The highest BCUT2D eigenvalue weighted by atomic mass is 32.2. The topological polar surface area (TPSA) is 79.0 Å². The molecule has 1 fully saturated rings. The lowest BCUT2D eigenvalue weighted by atomic mass is 10.0. The van der Waals surface area contributed by atoms with Crippen molar-refractivity contribution in [1.82, 2.24) is 9.80 Å². The molecule has 3 rings (SSSR count). The fourth-order valence-electron chi connectivity index (χ4n) is 3.81. The molecule has 0 bridgehead atoms. The summed E-state index contributed by atoms with van der Waals surface area (Å²) in [7, 11) is 1.78. The molecule has 0 saturated carbocycles. The Morgan fingerprint density at radius 1 is 1.24 bits per heavy atom. The highest BCUT2D eigenvalue weighted by Gasteiger charge is 2.36. The largest absolute Gasteiger partial charge is 0.444 e. The maximum absolute atomic E-state index is 13.3. The summed E-state index contributed by atoms with van der Waals surface area (Å²) >= 11 is 1.51. The molecule has 8 heteroatoms. The van der Waals surface area contributed by atoms with Crippen molar-refractivity contribution >= 4 is 35.4 Å². The van der Waals surface area contributed by atoms with Gasteiger partial charge in [0.25, 0.3) is 5.91 Å². The smallest absolute Gasteiger partial charge is 0.410 e. The van der Waals surface area contributed by atoms with Gasteiger partial charge in [0.1, 0.15) is 5.60 Å². The number of likely N-dealkylation sites (N-methyl/N-ethyl adjacent to an activating group) is 1. The average Bonchev–Trinajstić information content (AvgIpc) is 2.73. The van der Waals surface area contributed by atoms with Crippen LogP contribution in [0, 0.1) is 6.92 Å². The van der Waals surface area contributed by atoms with Gasteiger partial charge in [0.15, 0.2) is 0 Å². The van der Waals surface area contributed by atoms with Gasteiger partial charge in [-0.2, -0.15) is 0 Å². The van der Waals surface area contributed by atoms with E-state index in [4.69, 9.17) is 4.74 Å². The van der Waals surface area contributed by atoms with Crippen molar-refractivity contribution in [2.24, 2.45) is 0 Å². The maximum atomic E-state index is 13.3. The summed E-state index contributed by atoms with van der Waals surface area (Å²) in [5.74, 6) is -0.179. The number of carbonyl (C=O) groups is 3. The van der Waals surface area contributed by atoms with Crippen molar-refractivity contribution in [1.29, 1.82) is 0 Å². The number of carbonyl (C=O) groups excluding carboxylic acids is 3. The van der Waals surface area contributed by atoms with Crippen LogP contribution in [0.5, 0.6) is 0 Å². The van der Waals surface area contributed by atoms with Crippen LogP contribution in [-0.2, 0) is 9.53 Å². The number of thioether (sulfide) groups is 1. The molecule has 33 heavy (non-hydrogen) atoms. The lowest BCUT2D eigenvalue weighted by Gasteiger charge is -2.38. The van der Waals surface area contributed by atoms with Crippen molar-refractivity contribution in [3.63, 3.8) is 0 Å². The Labute approximate surface area is 202 Å². The van der Waals surface area contributed by atoms with Crippen LogP contribution in [0.25, 0.3) is 0 Å². The third kappa shape index (κ3) is 6.43. The molecule has 0 unspecified atom stereocenters. The number of amides is 3. The Kier molecular flexibility index (Phi) is 8.49. The summed E-state index contributed by atoms with van der Waals surface area (Å²) in [6.07, 6.45) is 1.30. The molecule has 0 aromatic heterocycles. The quantitative estimate of drug-likeness (QED) is 0.624. The zero-order chi connectivity index (χ0) is 25.1. The third-order valence-electron chi connectivity index (χ3n) is 5.63. The van der Waals surface area contributed by atoms with Crippen molar-refractivity contribution in [2.75, 3.05) is 25.5 Å². The van der Waals surface area contributed by atoms with E-state index in [1.165, 1.54) is 11.8 Å². The van der Waals surface area contributed by atoms with Gasteiger partial charge in [-0.3, -0.25) is 9.59 Å². The zero-order valence-corrected chi connectivity index (χ0v) is 22.3. The lowest BCUT2D eigenvalue weighted by molar-refractivity contribution is -0.117. The number of rotatable bonds is 2. The summed E-state index contributed by atoms with van der Waals surface area (Å²) in [4.78, 5) is 42.5. The van der Waals surface area contributed by atoms with Crippen LogP contribution < -0.4 is 5.32 Å². The standard InChI is InChI=1S/C23H33N3O4S.C2H6/c1-14-11-18-17(24-20(28)23(5,6)31-18)12-16(14)19(27)25(7)15-9-8-10-26(13-15)21(29)30-22(2,3)4;1-2/h11-12,15H,8-10,13H2,1-7H3,(H,24,28);1-2H3/t15-;/m1./s1. The van der Waals surface area contributed by atoms with E-state index in [-0.39, 0.29) is 23.9 Å². The molecule has 2 heterocycles. The second-order valence-corrected chi connectivity index (χ2v) is 11.5. The lowest BCUT2D eigenvalue weighted by Crippen LogP contribution is -2.51. The van der Waals surface area contributed by atoms with E-state index in [9.17, 15) is 14.4 Å². The number of nitrogens with one attached hydrogen (secondary N) is 1. The molecule has 1 aromatic carbocycles. The molecule has 7 nitrogen and oxygen atoms in total. The van der Waals surface area contributed by atoms with Gasteiger partial charge in [0, 0.05) is 36.6 Å². The first kappa shape index (κ1) is 27.0. The molecule has 0 spiro atoms. The van der Waals surface area contributed by atoms with E-state index in [1.807, 2.05) is 61.5 Å². The average molecular weight is 478 g/mol. The fourth-order valence-corrected chi connectivity index (χ4v) is 4.96. The molecule has 0 radical (unpaired) electrons. The van der Waals surface area contributed by atoms with Gasteiger partial charge in [-0.1, -0.05) is 13.8 Å². The van der Waals surface area contributed by atoms with E-state index < -0.39 is 10.3 Å². The monoisotopic (exact) mass is 477 g/mol. The van der Waals surface area contributed by atoms with E-state index in [2.05, 4.69) is 5.32 Å². The number of ether oxygens (including phenoxy) is 1. The van der Waals surface area contributed by atoms with Gasteiger partial charge < -0.3 is 19.9 Å². The first-order valence-electron chi connectivity index (χ1n) is 11.7. The highest BCUT2D eigenvalue weighted by molar-refractivity contribution is 8.01. The van der Waals surface area contributed by atoms with Crippen LogP contribution in [0.1, 0.15) is 77.2 Å². The van der Waals surface area contributed by atoms with Crippen LogP contribution >= 0.6 is 11.8 Å². The number of hydrogen-bond acceptors (Lipinski definition) is 5. The number of fused-ring (bicyclic) bond motifs is 1. The van der Waals surface area contributed by atoms with E-state index in [0.717, 1.165) is 23.3 Å². The van der Waals surface area contributed by atoms with Gasteiger partial charge >= 0.3 is 6.09 Å². The molecule has 184 valence electrons. The SMILES string of the molecule is CC.Cc1cc2c(cc1C(=O)N(C)[C@@H]1CCCN(C(=O)OC(C)(C)C)C1)NC(=O)C(C)(C)S2. The summed E-state index contributed by atoms with van der Waals surface area (Å²) in [5, 5.41) is 2.93. The summed E-state index contributed by atoms with van der Waals surface area (Å²) in [6.45, 7) is 16.3. The molecule has 0 aliphatic carbocycles. The fraction of sp³-hybridized carbons (Fsp3) is 0.640. The van der Waals surface area contributed by atoms with E-state index in [0.29, 0.717) is 24.3 Å². The number of piperidine rings is 1. The molecule has 1 N–H and O–H groups in total. The molecule has 3 amide bonds.